The lowest BCUT2D eigenvalue weighted by molar-refractivity contribution is -0.385. The van der Waals surface area contributed by atoms with Crippen LogP contribution in [-0.4, -0.2) is 10.8 Å². The first-order valence-corrected chi connectivity index (χ1v) is 9.23. The normalized spacial score (nSPS) is 11.0. The highest BCUT2D eigenvalue weighted by atomic mass is 16.6. The molecule has 152 valence electrons. The molecule has 0 radical (unpaired) electrons. The van der Waals surface area contributed by atoms with Crippen molar-refractivity contribution >= 4 is 23.4 Å². The molecule has 0 unspecified atom stereocenters. The molecule has 0 saturated carbocycles. The molecule has 0 bridgehead atoms. The Kier molecular flexibility index (Phi) is 6.91. The van der Waals surface area contributed by atoms with Gasteiger partial charge in [-0.3, -0.25) is 14.9 Å². The molecular formula is C24H17N3O4. The molecule has 0 aliphatic carbocycles. The molecule has 0 atom stereocenters. The molecule has 0 fully saturated rings. The van der Waals surface area contributed by atoms with Gasteiger partial charge in [0.25, 0.3) is 11.6 Å². The van der Waals surface area contributed by atoms with E-state index in [1.807, 2.05) is 24.3 Å². The second kappa shape index (κ2) is 10.2. The molecule has 0 aliphatic rings. The van der Waals surface area contributed by atoms with Crippen LogP contribution >= 0.6 is 0 Å². The van der Waals surface area contributed by atoms with E-state index in [9.17, 15) is 20.2 Å². The van der Waals surface area contributed by atoms with Gasteiger partial charge in [-0.25, -0.2) is 0 Å². The summed E-state index contributed by atoms with van der Waals surface area (Å²) in [4.78, 5) is 23.1. The third kappa shape index (κ3) is 5.65. The number of carbonyl (C=O) groups excluding carboxylic acids is 1. The van der Waals surface area contributed by atoms with Crippen LogP contribution in [0.25, 0.3) is 6.08 Å². The predicted octanol–water partition coefficient (Wildman–Crippen LogP) is 5.49. The van der Waals surface area contributed by atoms with Gasteiger partial charge in [0.2, 0.25) is 0 Å². The number of nitrogens with zero attached hydrogens (tertiary/aromatic N) is 2. The highest BCUT2D eigenvalue weighted by Crippen LogP contribution is 2.29. The molecule has 0 heterocycles. The molecule has 0 saturated heterocycles. The number of anilines is 1. The third-order valence-electron chi connectivity index (χ3n) is 4.14. The Morgan fingerprint density at radius 3 is 2.42 bits per heavy atom. The molecule has 3 rings (SSSR count). The summed E-state index contributed by atoms with van der Waals surface area (Å²) in [6, 6.07) is 24.0. The van der Waals surface area contributed by atoms with Gasteiger partial charge in [-0.2, -0.15) is 5.26 Å². The van der Waals surface area contributed by atoms with Gasteiger partial charge in [0, 0.05) is 6.07 Å². The van der Waals surface area contributed by atoms with Crippen molar-refractivity contribution in [1.29, 1.82) is 5.26 Å². The smallest absolute Gasteiger partial charge is 0.276 e. The Morgan fingerprint density at radius 2 is 1.68 bits per heavy atom. The highest BCUT2D eigenvalue weighted by molar-refractivity contribution is 6.07. The van der Waals surface area contributed by atoms with Crippen LogP contribution in [0.5, 0.6) is 11.5 Å². The number of nitriles is 1. The number of allylic oxidation sites excluding steroid dienone is 2. The molecule has 1 N–H and O–H groups in total. The molecule has 0 aliphatic heterocycles. The van der Waals surface area contributed by atoms with Crippen LogP contribution in [-0.2, 0) is 4.79 Å². The fourth-order valence-electron chi connectivity index (χ4n) is 2.67. The fourth-order valence-corrected chi connectivity index (χ4v) is 2.67. The maximum atomic E-state index is 12.6. The molecule has 7 nitrogen and oxygen atoms in total. The highest BCUT2D eigenvalue weighted by Gasteiger charge is 2.13. The minimum atomic E-state index is -0.626. The lowest BCUT2D eigenvalue weighted by Gasteiger charge is -2.11. The van der Waals surface area contributed by atoms with Crippen molar-refractivity contribution in [3.63, 3.8) is 0 Å². The average Bonchev–Trinajstić information content (AvgIpc) is 2.79. The van der Waals surface area contributed by atoms with E-state index in [-0.39, 0.29) is 11.3 Å². The molecule has 7 heteroatoms. The summed E-state index contributed by atoms with van der Waals surface area (Å²) in [5.74, 6) is 0.404. The van der Waals surface area contributed by atoms with Crippen molar-refractivity contribution in [2.45, 2.75) is 0 Å². The maximum Gasteiger partial charge on any atom is 0.276 e. The fraction of sp³-hybridized carbons (Fsp3) is 0. The maximum absolute atomic E-state index is 12.6. The largest absolute Gasteiger partial charge is 0.455 e. The Hall–Kier alpha value is -4.70. The van der Waals surface area contributed by atoms with Crippen molar-refractivity contribution in [2.75, 3.05) is 5.32 Å². The topological polar surface area (TPSA) is 105 Å². The van der Waals surface area contributed by atoms with E-state index in [1.165, 1.54) is 24.3 Å². The Bertz CT molecular complexity index is 1190. The number of para-hydroxylation sites is 4. The van der Waals surface area contributed by atoms with Crippen LogP contribution in [0.1, 0.15) is 5.56 Å². The van der Waals surface area contributed by atoms with Gasteiger partial charge in [0.05, 0.1) is 16.2 Å². The summed E-state index contributed by atoms with van der Waals surface area (Å²) in [5, 5.41) is 23.1. The second-order valence-corrected chi connectivity index (χ2v) is 6.23. The van der Waals surface area contributed by atoms with Gasteiger partial charge in [-0.1, -0.05) is 48.5 Å². The van der Waals surface area contributed by atoms with E-state index < -0.39 is 10.8 Å². The summed E-state index contributed by atoms with van der Waals surface area (Å²) in [6.07, 6.45) is 4.19. The number of carbonyl (C=O) groups is 1. The summed E-state index contributed by atoms with van der Waals surface area (Å²) < 4.78 is 5.80. The SMILES string of the molecule is N#C/C(=C\C=C\c1ccccc1[N+](=O)[O-])C(=O)Nc1ccccc1Oc1ccccc1. The van der Waals surface area contributed by atoms with Gasteiger partial charge in [-0.15, -0.1) is 0 Å². The summed E-state index contributed by atoms with van der Waals surface area (Å²) in [5.41, 5.74) is 0.537. The van der Waals surface area contributed by atoms with Crippen molar-refractivity contribution in [3.8, 4) is 17.6 Å². The monoisotopic (exact) mass is 411 g/mol. The van der Waals surface area contributed by atoms with Crippen LogP contribution in [0.4, 0.5) is 11.4 Å². The van der Waals surface area contributed by atoms with Crippen LogP contribution in [0.15, 0.2) is 96.6 Å². The van der Waals surface area contributed by atoms with E-state index in [1.54, 1.807) is 54.6 Å². The van der Waals surface area contributed by atoms with Crippen LogP contribution in [0, 0.1) is 21.4 Å². The first-order chi connectivity index (χ1) is 15.1. The van der Waals surface area contributed by atoms with Crippen LogP contribution in [0.2, 0.25) is 0 Å². The molecule has 0 aromatic heterocycles. The Balaban J connectivity index is 1.77. The number of nitro groups is 1. The summed E-state index contributed by atoms with van der Waals surface area (Å²) >= 11 is 0. The Morgan fingerprint density at radius 1 is 1.00 bits per heavy atom. The average molecular weight is 411 g/mol. The number of benzene rings is 3. The lowest BCUT2D eigenvalue weighted by Crippen LogP contribution is -2.14. The van der Waals surface area contributed by atoms with Crippen LogP contribution < -0.4 is 10.1 Å². The first kappa shape index (κ1) is 21.0. The molecule has 3 aromatic rings. The number of nitrogens with one attached hydrogen (secondary N) is 1. The summed E-state index contributed by atoms with van der Waals surface area (Å²) in [7, 11) is 0. The molecule has 31 heavy (non-hydrogen) atoms. The van der Waals surface area contributed by atoms with Crippen molar-refractivity contribution in [3.05, 3.63) is 112 Å². The molecular weight excluding hydrogens is 394 g/mol. The lowest BCUT2D eigenvalue weighted by atomic mass is 10.1. The van der Waals surface area contributed by atoms with Gasteiger partial charge in [0.1, 0.15) is 17.4 Å². The number of ether oxygens (including phenoxy) is 1. The Labute approximate surface area is 178 Å². The van der Waals surface area contributed by atoms with Crippen molar-refractivity contribution < 1.29 is 14.5 Å². The number of hydrogen-bond acceptors (Lipinski definition) is 5. The standard InChI is InChI=1S/C24H17N3O4/c25-17-19(11-8-10-18-9-4-6-15-22(18)27(29)30)24(28)26-21-14-5-7-16-23(21)31-20-12-2-1-3-13-20/h1-16H,(H,26,28)/b10-8+,19-11+. The number of nitro benzene ring substituents is 1. The van der Waals surface area contributed by atoms with Gasteiger partial charge < -0.3 is 10.1 Å². The molecule has 0 spiro atoms. The van der Waals surface area contributed by atoms with Crippen molar-refractivity contribution in [2.24, 2.45) is 0 Å². The van der Waals surface area contributed by atoms with Gasteiger partial charge >= 0.3 is 0 Å². The summed E-state index contributed by atoms with van der Waals surface area (Å²) in [6.45, 7) is 0. The second-order valence-electron chi connectivity index (χ2n) is 6.23. The number of hydrogen-bond donors (Lipinski definition) is 1. The van der Waals surface area contributed by atoms with Gasteiger partial charge in [0.15, 0.2) is 5.75 Å². The first-order valence-electron chi connectivity index (χ1n) is 9.23. The van der Waals surface area contributed by atoms with Gasteiger partial charge in [-0.05, 0) is 42.5 Å². The van der Waals surface area contributed by atoms with Crippen LogP contribution in [0.3, 0.4) is 0 Å². The third-order valence-corrected chi connectivity index (χ3v) is 4.14. The van der Waals surface area contributed by atoms with E-state index in [4.69, 9.17) is 4.74 Å². The zero-order valence-corrected chi connectivity index (χ0v) is 16.3. The molecule has 3 aromatic carbocycles. The quantitative estimate of drug-likeness (QED) is 0.182. The zero-order chi connectivity index (χ0) is 22.1. The minimum absolute atomic E-state index is 0.0675. The molecule has 1 amide bonds. The van der Waals surface area contributed by atoms with Crippen molar-refractivity contribution in [1.82, 2.24) is 0 Å². The number of rotatable bonds is 7. The minimum Gasteiger partial charge on any atom is -0.455 e. The zero-order valence-electron chi connectivity index (χ0n) is 16.3. The van der Waals surface area contributed by atoms with E-state index in [0.29, 0.717) is 22.7 Å². The van der Waals surface area contributed by atoms with E-state index >= 15 is 0 Å². The van der Waals surface area contributed by atoms with E-state index in [0.717, 1.165) is 0 Å². The number of amides is 1. The van der Waals surface area contributed by atoms with E-state index in [2.05, 4.69) is 5.32 Å². The predicted molar refractivity (Wildman–Crippen MR) is 117 cm³/mol.